The Morgan fingerprint density at radius 3 is 2.67 bits per heavy atom. The van der Waals surface area contributed by atoms with Gasteiger partial charge in [0.1, 0.15) is 0 Å². The van der Waals surface area contributed by atoms with Crippen LogP contribution in [0.25, 0.3) is 0 Å². The molecule has 2 rings (SSSR count). The van der Waals surface area contributed by atoms with E-state index in [0.717, 1.165) is 33.3 Å². The largest absolute Gasteiger partial charge is 0.351 e. The van der Waals surface area contributed by atoms with Crippen molar-refractivity contribution < 1.29 is 4.79 Å². The smallest absolute Gasteiger partial charge is 0.252 e. The van der Waals surface area contributed by atoms with E-state index in [1.165, 1.54) is 0 Å². The zero-order valence-corrected chi connectivity index (χ0v) is 16.5. The average molecular weight is 400 g/mol. The van der Waals surface area contributed by atoms with Gasteiger partial charge in [-0.3, -0.25) is 4.79 Å². The molecule has 0 saturated carbocycles. The summed E-state index contributed by atoms with van der Waals surface area (Å²) >= 11 is 15.3. The number of thioether (sulfide) groups is 2. The Bertz CT molecular complexity index is 694. The zero-order valence-electron chi connectivity index (χ0n) is 13.4. The molecule has 1 amide bonds. The highest BCUT2D eigenvalue weighted by molar-refractivity contribution is 7.99. The van der Waals surface area contributed by atoms with Crippen LogP contribution in [0.2, 0.25) is 10.0 Å². The fourth-order valence-electron chi connectivity index (χ4n) is 2.09. The molecule has 2 nitrogen and oxygen atoms in total. The molecule has 24 heavy (non-hydrogen) atoms. The van der Waals surface area contributed by atoms with Crippen molar-refractivity contribution in [2.75, 3.05) is 18.1 Å². The molecule has 2 aromatic rings. The van der Waals surface area contributed by atoms with E-state index in [9.17, 15) is 4.79 Å². The first-order chi connectivity index (χ1) is 11.6. The van der Waals surface area contributed by atoms with Gasteiger partial charge in [-0.1, -0.05) is 48.3 Å². The van der Waals surface area contributed by atoms with Crippen LogP contribution in [0.1, 0.15) is 22.8 Å². The van der Waals surface area contributed by atoms with E-state index < -0.39 is 0 Å². The SMILES string of the molecule is CCSc1ccccc1C(=O)NCCSCc1ccc(Cl)c(Cl)c1. The summed E-state index contributed by atoms with van der Waals surface area (Å²) in [5.41, 5.74) is 1.88. The van der Waals surface area contributed by atoms with Gasteiger partial charge in [-0.15, -0.1) is 11.8 Å². The molecule has 0 aliphatic carbocycles. The maximum absolute atomic E-state index is 12.3. The lowest BCUT2D eigenvalue weighted by Crippen LogP contribution is -2.26. The van der Waals surface area contributed by atoms with Crippen LogP contribution >= 0.6 is 46.7 Å². The van der Waals surface area contributed by atoms with E-state index in [4.69, 9.17) is 23.2 Å². The lowest BCUT2D eigenvalue weighted by molar-refractivity contribution is 0.0953. The number of nitrogens with one attached hydrogen (secondary N) is 1. The van der Waals surface area contributed by atoms with Crippen LogP contribution in [-0.2, 0) is 5.75 Å². The quantitative estimate of drug-likeness (QED) is 0.451. The molecule has 6 heteroatoms. The van der Waals surface area contributed by atoms with Crippen molar-refractivity contribution in [3.63, 3.8) is 0 Å². The highest BCUT2D eigenvalue weighted by Crippen LogP contribution is 2.25. The molecule has 0 unspecified atom stereocenters. The van der Waals surface area contributed by atoms with Crippen molar-refractivity contribution in [2.45, 2.75) is 17.6 Å². The molecule has 0 saturated heterocycles. The van der Waals surface area contributed by atoms with Gasteiger partial charge < -0.3 is 5.32 Å². The second-order valence-corrected chi connectivity index (χ2v) is 8.21. The summed E-state index contributed by atoms with van der Waals surface area (Å²) in [5, 5.41) is 4.13. The minimum Gasteiger partial charge on any atom is -0.351 e. The maximum atomic E-state index is 12.3. The Labute approximate surface area is 161 Å². The van der Waals surface area contributed by atoms with Gasteiger partial charge in [0.25, 0.3) is 5.91 Å². The summed E-state index contributed by atoms with van der Waals surface area (Å²) in [4.78, 5) is 13.3. The molecule has 0 aliphatic heterocycles. The standard InChI is InChI=1S/C18H19Cl2NOS2/c1-2-24-17-6-4-3-5-14(17)18(22)21-9-10-23-12-13-7-8-15(19)16(20)11-13/h3-8,11H,2,9-10,12H2,1H3,(H,21,22). The molecular weight excluding hydrogens is 381 g/mol. The molecule has 0 aromatic heterocycles. The van der Waals surface area contributed by atoms with Gasteiger partial charge in [0, 0.05) is 22.9 Å². The van der Waals surface area contributed by atoms with Gasteiger partial charge in [0.15, 0.2) is 0 Å². The number of hydrogen-bond acceptors (Lipinski definition) is 3. The lowest BCUT2D eigenvalue weighted by Gasteiger charge is -2.09. The first-order valence-electron chi connectivity index (χ1n) is 7.63. The number of carbonyl (C=O) groups excluding carboxylic acids is 1. The van der Waals surface area contributed by atoms with Crippen molar-refractivity contribution in [2.24, 2.45) is 0 Å². The molecule has 0 radical (unpaired) electrons. The number of hydrogen-bond donors (Lipinski definition) is 1. The monoisotopic (exact) mass is 399 g/mol. The van der Waals surface area contributed by atoms with E-state index in [1.54, 1.807) is 23.5 Å². The summed E-state index contributed by atoms with van der Waals surface area (Å²) in [6.45, 7) is 2.72. The molecule has 2 aromatic carbocycles. The Morgan fingerprint density at radius 2 is 1.92 bits per heavy atom. The minimum absolute atomic E-state index is 0.0123. The van der Waals surface area contributed by atoms with Crippen LogP contribution in [0.15, 0.2) is 47.4 Å². The first kappa shape index (κ1) is 19.5. The third-order valence-electron chi connectivity index (χ3n) is 3.22. The van der Waals surface area contributed by atoms with Crippen LogP contribution in [0.3, 0.4) is 0 Å². The van der Waals surface area contributed by atoms with E-state index >= 15 is 0 Å². The molecule has 0 fully saturated rings. The van der Waals surface area contributed by atoms with Gasteiger partial charge in [0.05, 0.1) is 15.6 Å². The number of carbonyl (C=O) groups is 1. The second-order valence-electron chi connectivity index (χ2n) is 4.99. The number of halogens is 2. The lowest BCUT2D eigenvalue weighted by atomic mass is 10.2. The van der Waals surface area contributed by atoms with Crippen molar-refractivity contribution in [3.05, 3.63) is 63.6 Å². The summed E-state index contributed by atoms with van der Waals surface area (Å²) in [5.74, 6) is 2.62. The fourth-order valence-corrected chi connectivity index (χ4v) is 4.02. The van der Waals surface area contributed by atoms with Crippen LogP contribution in [0.5, 0.6) is 0 Å². The van der Waals surface area contributed by atoms with Crippen LogP contribution in [0.4, 0.5) is 0 Å². The van der Waals surface area contributed by atoms with Crippen molar-refractivity contribution in [3.8, 4) is 0 Å². The summed E-state index contributed by atoms with van der Waals surface area (Å²) in [6, 6.07) is 13.4. The first-order valence-corrected chi connectivity index (χ1v) is 10.5. The fraction of sp³-hybridized carbons (Fsp3) is 0.278. The predicted molar refractivity (Wildman–Crippen MR) is 108 cm³/mol. The Hall–Kier alpha value is -0.810. The maximum Gasteiger partial charge on any atom is 0.252 e. The topological polar surface area (TPSA) is 29.1 Å². The van der Waals surface area contributed by atoms with Gasteiger partial charge in [-0.2, -0.15) is 11.8 Å². The molecule has 0 bridgehead atoms. The van der Waals surface area contributed by atoms with Gasteiger partial charge in [0.2, 0.25) is 0 Å². The van der Waals surface area contributed by atoms with Gasteiger partial charge in [-0.25, -0.2) is 0 Å². The number of rotatable bonds is 8. The van der Waals surface area contributed by atoms with Crippen LogP contribution < -0.4 is 5.32 Å². The third-order valence-corrected chi connectivity index (χ3v) is 5.94. The van der Waals surface area contributed by atoms with Crippen molar-refractivity contribution in [1.82, 2.24) is 5.32 Å². The van der Waals surface area contributed by atoms with Crippen molar-refractivity contribution >= 4 is 52.6 Å². The van der Waals surface area contributed by atoms with E-state index in [2.05, 4.69) is 12.2 Å². The predicted octanol–water partition coefficient (Wildman–Crippen LogP) is 5.77. The Kier molecular flexibility index (Phi) is 8.33. The minimum atomic E-state index is -0.0123. The van der Waals surface area contributed by atoms with Gasteiger partial charge in [-0.05, 0) is 35.6 Å². The number of benzene rings is 2. The van der Waals surface area contributed by atoms with Crippen LogP contribution in [0, 0.1) is 0 Å². The molecule has 0 aliphatic rings. The van der Waals surface area contributed by atoms with Gasteiger partial charge >= 0.3 is 0 Å². The highest BCUT2D eigenvalue weighted by Gasteiger charge is 2.10. The van der Waals surface area contributed by atoms with E-state index in [1.807, 2.05) is 42.5 Å². The third kappa shape index (κ3) is 5.92. The summed E-state index contributed by atoms with van der Waals surface area (Å²) < 4.78 is 0. The van der Waals surface area contributed by atoms with Crippen LogP contribution in [-0.4, -0.2) is 24.0 Å². The zero-order chi connectivity index (χ0) is 17.4. The number of amides is 1. The van der Waals surface area contributed by atoms with E-state index in [0.29, 0.717) is 16.6 Å². The Morgan fingerprint density at radius 1 is 1.12 bits per heavy atom. The normalized spacial score (nSPS) is 10.6. The highest BCUT2D eigenvalue weighted by atomic mass is 35.5. The average Bonchev–Trinajstić information content (AvgIpc) is 2.58. The molecule has 1 N–H and O–H groups in total. The summed E-state index contributed by atoms with van der Waals surface area (Å²) in [6.07, 6.45) is 0. The molecule has 128 valence electrons. The molecular formula is C18H19Cl2NOS2. The molecule has 0 spiro atoms. The second kappa shape index (κ2) is 10.2. The summed E-state index contributed by atoms with van der Waals surface area (Å²) in [7, 11) is 0. The van der Waals surface area contributed by atoms with Crippen molar-refractivity contribution in [1.29, 1.82) is 0 Å². The molecule has 0 heterocycles. The van der Waals surface area contributed by atoms with E-state index in [-0.39, 0.29) is 5.91 Å². The molecule has 0 atom stereocenters. The Balaban J connectivity index is 1.76.